The lowest BCUT2D eigenvalue weighted by Gasteiger charge is -2.33. The maximum absolute atomic E-state index is 13.5. The van der Waals surface area contributed by atoms with Gasteiger partial charge in [-0.1, -0.05) is 55.9 Å². The molecule has 0 saturated carbocycles. The van der Waals surface area contributed by atoms with Gasteiger partial charge in [-0.2, -0.15) is 0 Å². The van der Waals surface area contributed by atoms with Crippen LogP contribution in [-0.4, -0.2) is 32.6 Å². The average Bonchev–Trinajstić information content (AvgIpc) is 3.21. The molecule has 32 heavy (non-hydrogen) atoms. The summed E-state index contributed by atoms with van der Waals surface area (Å²) in [5.74, 6) is 1.63. The summed E-state index contributed by atoms with van der Waals surface area (Å²) in [7, 11) is 0. The van der Waals surface area contributed by atoms with E-state index in [0.29, 0.717) is 11.8 Å². The van der Waals surface area contributed by atoms with Gasteiger partial charge in [0.05, 0.1) is 12.6 Å². The van der Waals surface area contributed by atoms with Crippen molar-refractivity contribution in [1.29, 1.82) is 0 Å². The number of para-hydroxylation sites is 1. The van der Waals surface area contributed by atoms with Gasteiger partial charge in [0.1, 0.15) is 11.0 Å². The molecule has 1 amide bonds. The number of fused-ring (bicyclic) bond motifs is 1. The topological polar surface area (TPSA) is 81.1 Å². The van der Waals surface area contributed by atoms with Gasteiger partial charge in [0.25, 0.3) is 0 Å². The summed E-state index contributed by atoms with van der Waals surface area (Å²) in [5.41, 5.74) is 6.48. The number of amides is 1. The van der Waals surface area contributed by atoms with Gasteiger partial charge < -0.3 is 15.5 Å². The smallest absolute Gasteiger partial charge is 0.240 e. The molecule has 2 heterocycles. The lowest BCUT2D eigenvalue weighted by Crippen LogP contribution is -2.41. The van der Waals surface area contributed by atoms with Crippen LogP contribution in [0.25, 0.3) is 0 Å². The molecule has 2 aromatic carbocycles. The molecule has 8 heteroatoms. The summed E-state index contributed by atoms with van der Waals surface area (Å²) in [5, 5.41) is 12.1. The van der Waals surface area contributed by atoms with E-state index >= 15 is 0 Å². The van der Waals surface area contributed by atoms with Crippen LogP contribution >= 0.6 is 11.8 Å². The zero-order chi connectivity index (χ0) is 22.5. The summed E-state index contributed by atoms with van der Waals surface area (Å²) in [6.07, 6.45) is 2.64. The molecule has 2 N–H and O–H groups in total. The van der Waals surface area contributed by atoms with Crippen molar-refractivity contribution in [3.63, 3.8) is 0 Å². The second-order valence-electron chi connectivity index (χ2n) is 7.63. The number of carbonyl (C=O) groups is 1. The molecule has 1 aliphatic rings. The maximum Gasteiger partial charge on any atom is 0.240 e. The van der Waals surface area contributed by atoms with E-state index in [0.717, 1.165) is 47.7 Å². The summed E-state index contributed by atoms with van der Waals surface area (Å²) in [6, 6.07) is 15.6. The summed E-state index contributed by atoms with van der Waals surface area (Å²) in [4.78, 5) is 13.5. The highest BCUT2D eigenvalue weighted by molar-refractivity contribution is 8.00. The highest BCUT2D eigenvalue weighted by Crippen LogP contribution is 2.38. The molecule has 7 nitrogen and oxygen atoms in total. The van der Waals surface area contributed by atoms with E-state index in [1.807, 2.05) is 60.1 Å². The van der Waals surface area contributed by atoms with Gasteiger partial charge in [-0.3, -0.25) is 4.79 Å². The second kappa shape index (κ2) is 10.1. The summed E-state index contributed by atoms with van der Waals surface area (Å²) in [6.45, 7) is 6.78. The van der Waals surface area contributed by atoms with E-state index in [9.17, 15) is 4.79 Å². The third kappa shape index (κ3) is 4.60. The van der Waals surface area contributed by atoms with Crippen molar-refractivity contribution in [2.24, 2.45) is 0 Å². The third-order valence-corrected chi connectivity index (χ3v) is 6.66. The molecule has 4 rings (SSSR count). The molecule has 2 atom stereocenters. The SMILES string of the molecule is CCCc1nnc2n1N[C@H](c1ccc(OCC)cc1)[C@H](C(=O)Nc1ccccc1CC)S2. The number of anilines is 1. The van der Waals surface area contributed by atoms with Crippen LogP contribution in [0.1, 0.15) is 50.2 Å². The normalized spacial score (nSPS) is 17.3. The summed E-state index contributed by atoms with van der Waals surface area (Å²) < 4.78 is 7.52. The molecule has 0 bridgehead atoms. The molecular weight excluding hydrogens is 422 g/mol. The monoisotopic (exact) mass is 451 g/mol. The van der Waals surface area contributed by atoms with Crippen LogP contribution in [0.4, 0.5) is 5.69 Å². The predicted molar refractivity (Wildman–Crippen MR) is 128 cm³/mol. The maximum atomic E-state index is 13.5. The van der Waals surface area contributed by atoms with E-state index in [4.69, 9.17) is 4.74 Å². The number of hydrogen-bond donors (Lipinski definition) is 2. The van der Waals surface area contributed by atoms with Crippen molar-refractivity contribution >= 4 is 23.4 Å². The van der Waals surface area contributed by atoms with Crippen LogP contribution in [0.5, 0.6) is 5.75 Å². The van der Waals surface area contributed by atoms with Gasteiger partial charge >= 0.3 is 0 Å². The third-order valence-electron chi connectivity index (χ3n) is 5.44. The lowest BCUT2D eigenvalue weighted by molar-refractivity contribution is -0.116. The minimum atomic E-state index is -0.413. The van der Waals surface area contributed by atoms with E-state index in [1.165, 1.54) is 11.8 Å². The molecule has 1 aromatic heterocycles. The van der Waals surface area contributed by atoms with E-state index in [1.54, 1.807) is 0 Å². The number of aryl methyl sites for hydroxylation is 2. The number of thioether (sulfide) groups is 1. The molecule has 0 radical (unpaired) electrons. The van der Waals surface area contributed by atoms with Crippen molar-refractivity contribution in [2.45, 2.75) is 56.5 Å². The van der Waals surface area contributed by atoms with Crippen LogP contribution in [-0.2, 0) is 17.6 Å². The highest BCUT2D eigenvalue weighted by atomic mass is 32.2. The van der Waals surface area contributed by atoms with Crippen molar-refractivity contribution in [1.82, 2.24) is 14.9 Å². The number of nitrogens with one attached hydrogen (secondary N) is 2. The molecule has 0 saturated heterocycles. The van der Waals surface area contributed by atoms with Gasteiger partial charge in [-0.15, -0.1) is 10.2 Å². The van der Waals surface area contributed by atoms with Crippen LogP contribution in [0.3, 0.4) is 0 Å². The fourth-order valence-electron chi connectivity index (χ4n) is 3.83. The average molecular weight is 452 g/mol. The van der Waals surface area contributed by atoms with Crippen molar-refractivity contribution < 1.29 is 9.53 Å². The number of nitrogens with zero attached hydrogens (tertiary/aromatic N) is 3. The van der Waals surface area contributed by atoms with E-state index < -0.39 is 5.25 Å². The van der Waals surface area contributed by atoms with Gasteiger partial charge in [0, 0.05) is 12.1 Å². The van der Waals surface area contributed by atoms with Crippen LogP contribution < -0.4 is 15.5 Å². The summed E-state index contributed by atoms with van der Waals surface area (Å²) >= 11 is 1.45. The first-order chi connectivity index (χ1) is 15.6. The zero-order valence-corrected chi connectivity index (χ0v) is 19.5. The first-order valence-electron chi connectivity index (χ1n) is 11.1. The van der Waals surface area contributed by atoms with E-state index in [2.05, 4.69) is 34.8 Å². The van der Waals surface area contributed by atoms with Gasteiger partial charge in [0.2, 0.25) is 11.1 Å². The first kappa shape index (κ1) is 22.2. The zero-order valence-electron chi connectivity index (χ0n) is 18.7. The predicted octanol–water partition coefficient (Wildman–Crippen LogP) is 4.59. The Hall–Kier alpha value is -3.00. The minimum absolute atomic E-state index is 0.0615. The number of carbonyl (C=O) groups excluding carboxylic acids is 1. The fourth-order valence-corrected chi connectivity index (χ4v) is 4.93. The molecule has 0 unspecified atom stereocenters. The standard InChI is InChI=1S/C24H29N5O2S/c1-4-9-20-26-27-24-29(20)28-21(17-12-14-18(15-13-17)31-6-3)22(32-24)23(30)25-19-11-8-7-10-16(19)5-2/h7-8,10-15,21-22,28H,4-6,9H2,1-3H3,(H,25,30)/t21-,22-/m1/s1. The Kier molecular flexibility index (Phi) is 6.99. The Labute approximate surface area is 192 Å². The second-order valence-corrected chi connectivity index (χ2v) is 8.74. The van der Waals surface area contributed by atoms with Crippen LogP contribution in [0, 0.1) is 0 Å². The Bertz CT molecular complexity index is 1070. The Morgan fingerprint density at radius 1 is 1.12 bits per heavy atom. The largest absolute Gasteiger partial charge is 0.494 e. The lowest BCUT2D eigenvalue weighted by atomic mass is 10.0. The number of benzene rings is 2. The highest BCUT2D eigenvalue weighted by Gasteiger charge is 2.38. The van der Waals surface area contributed by atoms with Gasteiger partial charge in [-0.25, -0.2) is 4.68 Å². The van der Waals surface area contributed by atoms with Crippen molar-refractivity contribution in [3.8, 4) is 5.75 Å². The molecule has 0 fully saturated rings. The molecule has 1 aliphatic heterocycles. The molecule has 168 valence electrons. The minimum Gasteiger partial charge on any atom is -0.494 e. The van der Waals surface area contributed by atoms with Gasteiger partial charge in [-0.05, 0) is 49.1 Å². The Balaban J connectivity index is 1.66. The molecular formula is C24H29N5O2S. The Morgan fingerprint density at radius 2 is 1.91 bits per heavy atom. The van der Waals surface area contributed by atoms with Gasteiger partial charge in [0.15, 0.2) is 5.82 Å². The van der Waals surface area contributed by atoms with Crippen LogP contribution in [0.2, 0.25) is 0 Å². The molecule has 0 aliphatic carbocycles. The van der Waals surface area contributed by atoms with E-state index in [-0.39, 0.29) is 11.9 Å². The number of ether oxygens (including phenoxy) is 1. The fraction of sp³-hybridized carbons (Fsp3) is 0.375. The molecule has 0 spiro atoms. The number of hydrogen-bond acceptors (Lipinski definition) is 6. The Morgan fingerprint density at radius 3 is 2.62 bits per heavy atom. The number of rotatable bonds is 8. The number of aromatic nitrogens is 3. The van der Waals surface area contributed by atoms with Crippen molar-refractivity contribution in [3.05, 3.63) is 65.5 Å². The first-order valence-corrected chi connectivity index (χ1v) is 12.0. The van der Waals surface area contributed by atoms with Crippen LogP contribution in [0.15, 0.2) is 53.7 Å². The molecule has 3 aromatic rings. The van der Waals surface area contributed by atoms with Crippen molar-refractivity contribution in [2.75, 3.05) is 17.3 Å². The quantitative estimate of drug-likeness (QED) is 0.521.